The van der Waals surface area contributed by atoms with Gasteiger partial charge in [0.2, 0.25) is 0 Å². The van der Waals surface area contributed by atoms with Crippen molar-refractivity contribution in [1.29, 1.82) is 0 Å². The summed E-state index contributed by atoms with van der Waals surface area (Å²) in [5.74, 6) is 0.473. The molecule has 4 nitrogen and oxygen atoms in total. The Morgan fingerprint density at radius 2 is 1.91 bits per heavy atom. The molecule has 4 heteroatoms. The fourth-order valence-electron chi connectivity index (χ4n) is 0.737. The van der Waals surface area contributed by atoms with Crippen molar-refractivity contribution >= 4 is 0 Å². The zero-order valence-corrected chi connectivity index (χ0v) is 6.94. The van der Waals surface area contributed by atoms with E-state index in [4.69, 9.17) is 5.73 Å². The summed E-state index contributed by atoms with van der Waals surface area (Å²) in [6.45, 7) is 4.88. The zero-order valence-electron chi connectivity index (χ0n) is 6.94. The second kappa shape index (κ2) is 3.48. The van der Waals surface area contributed by atoms with Gasteiger partial charge >= 0.3 is 0 Å². The van der Waals surface area contributed by atoms with Gasteiger partial charge in [-0.15, -0.1) is 0 Å². The summed E-state index contributed by atoms with van der Waals surface area (Å²) in [6.07, 6.45) is 3.32. The first kappa shape index (κ1) is 8.20. The highest BCUT2D eigenvalue weighted by Crippen LogP contribution is 1.99. The maximum atomic E-state index is 5.81. The van der Waals surface area contributed by atoms with Gasteiger partial charge < -0.3 is 5.73 Å². The molecule has 0 spiro atoms. The van der Waals surface area contributed by atoms with E-state index in [1.807, 2.05) is 0 Å². The van der Waals surface area contributed by atoms with Gasteiger partial charge in [-0.3, -0.25) is 0 Å². The molecule has 0 aliphatic carbocycles. The normalized spacial score (nSPS) is 13.8. The molecule has 1 rings (SSSR count). The molecular weight excluding hydrogens is 140 g/mol. The van der Waals surface area contributed by atoms with Gasteiger partial charge in [-0.2, -0.15) is 15.0 Å². The van der Waals surface area contributed by atoms with E-state index in [1.54, 1.807) is 17.2 Å². The molecule has 0 saturated heterocycles. The van der Waals surface area contributed by atoms with Gasteiger partial charge in [0.05, 0.1) is 18.9 Å². The molecule has 62 valence electrons. The van der Waals surface area contributed by atoms with Gasteiger partial charge in [0, 0.05) is 6.04 Å². The van der Waals surface area contributed by atoms with Crippen LogP contribution in [0.25, 0.3) is 0 Å². The molecule has 0 radical (unpaired) electrons. The van der Waals surface area contributed by atoms with E-state index in [2.05, 4.69) is 24.0 Å². The fourth-order valence-corrected chi connectivity index (χ4v) is 0.737. The molecule has 0 aliphatic heterocycles. The zero-order chi connectivity index (χ0) is 8.27. The minimum absolute atomic E-state index is 0.141. The summed E-state index contributed by atoms with van der Waals surface area (Å²) in [5.41, 5.74) is 5.81. The molecule has 0 bridgehead atoms. The predicted octanol–water partition coefficient (Wildman–Crippen LogP) is 0.261. The minimum Gasteiger partial charge on any atom is -0.326 e. The molecule has 2 N–H and O–H groups in total. The van der Waals surface area contributed by atoms with E-state index in [9.17, 15) is 0 Å². The van der Waals surface area contributed by atoms with Gasteiger partial charge in [-0.05, 0) is 5.92 Å². The van der Waals surface area contributed by atoms with Crippen LogP contribution in [0.2, 0.25) is 0 Å². The van der Waals surface area contributed by atoms with Gasteiger partial charge in [-0.1, -0.05) is 13.8 Å². The van der Waals surface area contributed by atoms with Crippen molar-refractivity contribution in [3.63, 3.8) is 0 Å². The molecule has 0 fully saturated rings. The average Bonchev–Trinajstić information content (AvgIpc) is 2.39. The summed E-state index contributed by atoms with van der Waals surface area (Å²) in [7, 11) is 0. The smallest absolute Gasteiger partial charge is 0.0760 e. The van der Waals surface area contributed by atoms with Crippen molar-refractivity contribution in [3.05, 3.63) is 12.4 Å². The van der Waals surface area contributed by atoms with Crippen molar-refractivity contribution in [2.75, 3.05) is 0 Å². The lowest BCUT2D eigenvalue weighted by atomic mass is 10.1. The van der Waals surface area contributed by atoms with Crippen LogP contribution in [0.5, 0.6) is 0 Å². The van der Waals surface area contributed by atoms with Crippen LogP contribution in [0.1, 0.15) is 13.8 Å². The van der Waals surface area contributed by atoms with Crippen molar-refractivity contribution in [2.24, 2.45) is 11.7 Å². The lowest BCUT2D eigenvalue weighted by Crippen LogP contribution is -2.32. The standard InChI is InChI=1S/C7H14N4/c1-6(2)7(8)5-11-9-3-4-10-11/h3-4,6-7H,5,8H2,1-2H3/t7-/m1/s1. The molecule has 0 aliphatic rings. The highest BCUT2D eigenvalue weighted by atomic mass is 15.5. The first-order chi connectivity index (χ1) is 5.20. The van der Waals surface area contributed by atoms with E-state index < -0.39 is 0 Å². The molecule has 11 heavy (non-hydrogen) atoms. The summed E-state index contributed by atoms with van der Waals surface area (Å²) in [4.78, 5) is 1.62. The fraction of sp³-hybridized carbons (Fsp3) is 0.714. The highest BCUT2D eigenvalue weighted by molar-refractivity contribution is 4.66. The van der Waals surface area contributed by atoms with Crippen LogP contribution in [-0.4, -0.2) is 21.0 Å². The lowest BCUT2D eigenvalue weighted by molar-refractivity contribution is 0.387. The number of hydrogen-bond acceptors (Lipinski definition) is 3. The Labute approximate surface area is 66.4 Å². The van der Waals surface area contributed by atoms with E-state index in [0.29, 0.717) is 12.5 Å². The summed E-state index contributed by atoms with van der Waals surface area (Å²) < 4.78 is 0. The lowest BCUT2D eigenvalue weighted by Gasteiger charge is -2.13. The van der Waals surface area contributed by atoms with Crippen molar-refractivity contribution in [1.82, 2.24) is 15.0 Å². The largest absolute Gasteiger partial charge is 0.326 e. The first-order valence-electron chi connectivity index (χ1n) is 3.80. The Hall–Kier alpha value is -0.900. The third-order valence-electron chi connectivity index (χ3n) is 1.70. The van der Waals surface area contributed by atoms with Gasteiger partial charge in [0.25, 0.3) is 0 Å². The summed E-state index contributed by atoms with van der Waals surface area (Å²) >= 11 is 0. The van der Waals surface area contributed by atoms with Crippen LogP contribution in [0, 0.1) is 5.92 Å². The average molecular weight is 154 g/mol. The highest BCUT2D eigenvalue weighted by Gasteiger charge is 2.08. The second-order valence-electron chi connectivity index (χ2n) is 2.99. The quantitative estimate of drug-likeness (QED) is 0.679. The second-order valence-corrected chi connectivity index (χ2v) is 2.99. The molecular formula is C7H14N4. The monoisotopic (exact) mass is 154 g/mol. The Bertz CT molecular complexity index is 192. The van der Waals surface area contributed by atoms with Crippen molar-refractivity contribution in [2.45, 2.75) is 26.4 Å². The molecule has 1 aromatic rings. The van der Waals surface area contributed by atoms with E-state index in [1.165, 1.54) is 0 Å². The molecule has 1 heterocycles. The maximum Gasteiger partial charge on any atom is 0.0760 e. The Morgan fingerprint density at radius 3 is 2.36 bits per heavy atom. The molecule has 1 aromatic heterocycles. The third kappa shape index (κ3) is 2.31. The summed E-state index contributed by atoms with van der Waals surface area (Å²) in [5, 5.41) is 7.93. The molecule has 0 amide bonds. The Balaban J connectivity index is 2.43. The third-order valence-corrected chi connectivity index (χ3v) is 1.70. The van der Waals surface area contributed by atoms with Gasteiger partial charge in [0.1, 0.15) is 0 Å². The number of nitrogens with zero attached hydrogens (tertiary/aromatic N) is 3. The molecule has 0 saturated carbocycles. The van der Waals surface area contributed by atoms with E-state index in [-0.39, 0.29) is 6.04 Å². The van der Waals surface area contributed by atoms with Crippen LogP contribution in [0.4, 0.5) is 0 Å². The molecule has 1 atom stereocenters. The molecule has 0 aromatic carbocycles. The Kier molecular flexibility index (Phi) is 2.59. The van der Waals surface area contributed by atoms with Gasteiger partial charge in [-0.25, -0.2) is 0 Å². The number of hydrogen-bond donors (Lipinski definition) is 1. The van der Waals surface area contributed by atoms with Crippen LogP contribution in [0.3, 0.4) is 0 Å². The van der Waals surface area contributed by atoms with Crippen LogP contribution < -0.4 is 5.73 Å². The number of nitrogens with two attached hydrogens (primary N) is 1. The Morgan fingerprint density at radius 1 is 1.36 bits per heavy atom. The van der Waals surface area contributed by atoms with Crippen molar-refractivity contribution in [3.8, 4) is 0 Å². The topological polar surface area (TPSA) is 56.7 Å². The number of rotatable bonds is 3. The maximum absolute atomic E-state index is 5.81. The number of aromatic nitrogens is 3. The van der Waals surface area contributed by atoms with Crippen LogP contribution >= 0.6 is 0 Å². The van der Waals surface area contributed by atoms with E-state index >= 15 is 0 Å². The first-order valence-corrected chi connectivity index (χ1v) is 3.80. The van der Waals surface area contributed by atoms with Crippen LogP contribution in [-0.2, 0) is 6.54 Å². The van der Waals surface area contributed by atoms with E-state index in [0.717, 1.165) is 0 Å². The summed E-state index contributed by atoms with van der Waals surface area (Å²) in [6, 6.07) is 0.141. The molecule has 0 unspecified atom stereocenters. The SMILES string of the molecule is CC(C)[C@H](N)Cn1nccn1. The van der Waals surface area contributed by atoms with Crippen LogP contribution in [0.15, 0.2) is 12.4 Å². The van der Waals surface area contributed by atoms with Gasteiger partial charge in [0.15, 0.2) is 0 Å². The predicted molar refractivity (Wildman–Crippen MR) is 42.8 cm³/mol. The minimum atomic E-state index is 0.141. The van der Waals surface area contributed by atoms with Crippen molar-refractivity contribution < 1.29 is 0 Å².